The minimum atomic E-state index is 0.210. The lowest BCUT2D eigenvalue weighted by Gasteiger charge is -2.36. The van der Waals surface area contributed by atoms with Crippen molar-refractivity contribution in [1.29, 1.82) is 0 Å². The number of carbonyl (C=O) groups is 1. The molecule has 2 rings (SSSR count). The fraction of sp³-hybridized carbons (Fsp3) is 0.647. The topological polar surface area (TPSA) is 45.7 Å². The molecule has 2 heterocycles. The summed E-state index contributed by atoms with van der Waals surface area (Å²) in [7, 11) is 1.66. The van der Waals surface area contributed by atoms with Crippen molar-refractivity contribution in [3.63, 3.8) is 0 Å². The van der Waals surface area contributed by atoms with Crippen LogP contribution in [0.15, 0.2) is 18.3 Å². The largest absolute Gasteiger partial charge is 0.497 e. The number of piperazine rings is 1. The minimum Gasteiger partial charge on any atom is -0.497 e. The average Bonchev–Trinajstić information content (AvgIpc) is 2.52. The van der Waals surface area contributed by atoms with Crippen molar-refractivity contribution in [2.75, 3.05) is 38.2 Å². The van der Waals surface area contributed by atoms with E-state index in [2.05, 4.69) is 30.7 Å². The Bertz CT molecular complexity index is 503. The smallest absolute Gasteiger partial charge is 0.222 e. The summed E-state index contributed by atoms with van der Waals surface area (Å²) >= 11 is 0. The molecule has 5 nitrogen and oxygen atoms in total. The molecule has 0 saturated carbocycles. The highest BCUT2D eigenvalue weighted by Gasteiger charge is 2.23. The predicted molar refractivity (Wildman–Crippen MR) is 88.3 cm³/mol. The summed E-state index contributed by atoms with van der Waals surface area (Å²) in [5.74, 6) is 2.00. The third kappa shape index (κ3) is 4.61. The van der Waals surface area contributed by atoms with Gasteiger partial charge in [0.15, 0.2) is 0 Å². The molecule has 1 aromatic rings. The van der Waals surface area contributed by atoms with Crippen molar-refractivity contribution in [3.05, 3.63) is 18.3 Å². The van der Waals surface area contributed by atoms with E-state index in [4.69, 9.17) is 4.74 Å². The number of anilines is 1. The van der Waals surface area contributed by atoms with Gasteiger partial charge >= 0.3 is 0 Å². The van der Waals surface area contributed by atoms with Crippen LogP contribution < -0.4 is 9.64 Å². The molecule has 0 bridgehead atoms. The van der Waals surface area contributed by atoms with Crippen molar-refractivity contribution < 1.29 is 9.53 Å². The summed E-state index contributed by atoms with van der Waals surface area (Å²) in [6.07, 6.45) is 3.33. The first-order chi connectivity index (χ1) is 10.4. The van der Waals surface area contributed by atoms with Gasteiger partial charge in [0.25, 0.3) is 0 Å². The highest BCUT2D eigenvalue weighted by molar-refractivity contribution is 5.76. The Labute approximate surface area is 133 Å². The van der Waals surface area contributed by atoms with E-state index in [1.807, 2.05) is 17.0 Å². The second-order valence-electron chi connectivity index (χ2n) is 6.98. The van der Waals surface area contributed by atoms with Gasteiger partial charge in [-0.3, -0.25) is 4.79 Å². The summed E-state index contributed by atoms with van der Waals surface area (Å²) in [6, 6.07) is 3.78. The monoisotopic (exact) mass is 305 g/mol. The molecule has 1 fully saturated rings. The van der Waals surface area contributed by atoms with Crippen molar-refractivity contribution in [3.8, 4) is 5.75 Å². The van der Waals surface area contributed by atoms with E-state index >= 15 is 0 Å². The van der Waals surface area contributed by atoms with Crippen LogP contribution >= 0.6 is 0 Å². The van der Waals surface area contributed by atoms with Crippen molar-refractivity contribution in [2.45, 2.75) is 33.6 Å². The van der Waals surface area contributed by atoms with E-state index < -0.39 is 0 Å². The van der Waals surface area contributed by atoms with Gasteiger partial charge in [-0.25, -0.2) is 4.98 Å². The second-order valence-corrected chi connectivity index (χ2v) is 6.98. The van der Waals surface area contributed by atoms with E-state index in [1.165, 1.54) is 0 Å². The summed E-state index contributed by atoms with van der Waals surface area (Å²) < 4.78 is 5.24. The zero-order valence-electron chi connectivity index (χ0n) is 14.1. The van der Waals surface area contributed by atoms with Gasteiger partial charge in [0.05, 0.1) is 7.11 Å². The molecule has 1 saturated heterocycles. The third-order valence-electron chi connectivity index (χ3n) is 4.00. The van der Waals surface area contributed by atoms with Gasteiger partial charge in [-0.1, -0.05) is 20.8 Å². The van der Waals surface area contributed by atoms with Crippen LogP contribution in [0.1, 0.15) is 33.6 Å². The summed E-state index contributed by atoms with van der Waals surface area (Å²) in [5, 5.41) is 0. The van der Waals surface area contributed by atoms with Gasteiger partial charge < -0.3 is 14.5 Å². The van der Waals surface area contributed by atoms with E-state index in [-0.39, 0.29) is 11.3 Å². The number of methoxy groups -OCH3 is 1. The van der Waals surface area contributed by atoms with Crippen LogP contribution in [0.3, 0.4) is 0 Å². The number of hydrogen-bond donors (Lipinski definition) is 0. The Morgan fingerprint density at radius 1 is 1.27 bits per heavy atom. The fourth-order valence-corrected chi connectivity index (χ4v) is 2.52. The summed E-state index contributed by atoms with van der Waals surface area (Å²) in [6.45, 7) is 9.69. The van der Waals surface area contributed by atoms with Crippen LogP contribution in [0.5, 0.6) is 5.75 Å². The standard InChI is InChI=1S/C17H27N3O2/c1-17(2,3)7-5-16(21)20-11-9-19(10-12-20)15-13-14(22-4)6-8-18-15/h6,8,13H,5,7,9-12H2,1-4H3. The van der Waals surface area contributed by atoms with E-state index in [0.717, 1.165) is 44.2 Å². The zero-order chi connectivity index (χ0) is 16.2. The third-order valence-corrected chi connectivity index (χ3v) is 4.00. The highest BCUT2D eigenvalue weighted by atomic mass is 16.5. The normalized spacial score (nSPS) is 15.8. The Hall–Kier alpha value is -1.78. The van der Waals surface area contributed by atoms with E-state index in [0.29, 0.717) is 6.42 Å². The number of carbonyl (C=O) groups excluding carboxylic acids is 1. The quantitative estimate of drug-likeness (QED) is 0.857. The molecule has 22 heavy (non-hydrogen) atoms. The minimum absolute atomic E-state index is 0.210. The number of nitrogens with zero attached hydrogens (tertiary/aromatic N) is 3. The lowest BCUT2D eigenvalue weighted by atomic mass is 9.90. The van der Waals surface area contributed by atoms with Gasteiger partial charge in [0.2, 0.25) is 5.91 Å². The number of ether oxygens (including phenoxy) is 1. The van der Waals surface area contributed by atoms with Crippen LogP contribution in [0.4, 0.5) is 5.82 Å². The molecule has 1 amide bonds. The molecule has 0 aliphatic carbocycles. The molecule has 1 aliphatic rings. The lowest BCUT2D eigenvalue weighted by Crippen LogP contribution is -2.49. The molecule has 0 spiro atoms. The Morgan fingerprint density at radius 3 is 2.55 bits per heavy atom. The van der Waals surface area contributed by atoms with Crippen LogP contribution in [-0.4, -0.2) is 49.1 Å². The fourth-order valence-electron chi connectivity index (χ4n) is 2.52. The number of aromatic nitrogens is 1. The molecule has 0 N–H and O–H groups in total. The Kier molecular flexibility index (Phi) is 5.27. The lowest BCUT2D eigenvalue weighted by molar-refractivity contribution is -0.132. The van der Waals surface area contributed by atoms with Gasteiger partial charge in [-0.2, -0.15) is 0 Å². The van der Waals surface area contributed by atoms with Crippen molar-refractivity contribution in [1.82, 2.24) is 9.88 Å². The number of pyridine rings is 1. The summed E-state index contributed by atoms with van der Waals surface area (Å²) in [5.41, 5.74) is 0.210. The molecule has 0 unspecified atom stereocenters. The van der Waals surface area contributed by atoms with Crippen LogP contribution in [-0.2, 0) is 4.79 Å². The van der Waals surface area contributed by atoms with Crippen LogP contribution in [0.2, 0.25) is 0 Å². The molecule has 5 heteroatoms. The Balaban J connectivity index is 1.86. The molecule has 1 aromatic heterocycles. The first kappa shape index (κ1) is 16.6. The number of rotatable bonds is 4. The molecule has 0 radical (unpaired) electrons. The second kappa shape index (κ2) is 6.99. The predicted octanol–water partition coefficient (Wildman–Crippen LogP) is 2.57. The number of amides is 1. The zero-order valence-corrected chi connectivity index (χ0v) is 14.1. The Morgan fingerprint density at radius 2 is 1.95 bits per heavy atom. The molecule has 0 atom stereocenters. The average molecular weight is 305 g/mol. The van der Waals surface area contributed by atoms with E-state index in [9.17, 15) is 4.79 Å². The first-order valence-electron chi connectivity index (χ1n) is 7.92. The van der Waals surface area contributed by atoms with Gasteiger partial charge in [0, 0.05) is 44.9 Å². The molecule has 1 aliphatic heterocycles. The maximum absolute atomic E-state index is 12.3. The first-order valence-corrected chi connectivity index (χ1v) is 7.92. The molecule has 0 aromatic carbocycles. The van der Waals surface area contributed by atoms with Gasteiger partial charge in [0.1, 0.15) is 11.6 Å². The number of hydrogen-bond acceptors (Lipinski definition) is 4. The maximum Gasteiger partial charge on any atom is 0.222 e. The molecular formula is C17H27N3O2. The SMILES string of the molecule is COc1ccnc(N2CCN(C(=O)CCC(C)(C)C)CC2)c1. The maximum atomic E-state index is 12.3. The van der Waals surface area contributed by atoms with Gasteiger partial charge in [-0.05, 0) is 17.9 Å². The van der Waals surface area contributed by atoms with Crippen molar-refractivity contribution >= 4 is 11.7 Å². The van der Waals surface area contributed by atoms with Crippen molar-refractivity contribution in [2.24, 2.45) is 5.41 Å². The van der Waals surface area contributed by atoms with Crippen LogP contribution in [0.25, 0.3) is 0 Å². The molecule has 122 valence electrons. The van der Waals surface area contributed by atoms with E-state index in [1.54, 1.807) is 13.3 Å². The highest BCUT2D eigenvalue weighted by Crippen LogP contribution is 2.22. The van der Waals surface area contributed by atoms with Crippen LogP contribution in [0, 0.1) is 5.41 Å². The van der Waals surface area contributed by atoms with Gasteiger partial charge in [-0.15, -0.1) is 0 Å². The summed E-state index contributed by atoms with van der Waals surface area (Å²) in [4.78, 5) is 20.8. The molecular weight excluding hydrogens is 278 g/mol.